The van der Waals surface area contributed by atoms with Crippen molar-refractivity contribution in [2.45, 2.75) is 95.7 Å². The molecule has 0 spiro atoms. The number of rotatable bonds is 26. The fourth-order valence-corrected chi connectivity index (χ4v) is 18.6. The highest BCUT2D eigenvalue weighted by Gasteiger charge is 2.27. The number of aryl methyl sites for hydroxylation is 7. The summed E-state index contributed by atoms with van der Waals surface area (Å²) in [5.74, 6) is 4.42. The lowest BCUT2D eigenvalue weighted by atomic mass is 10.2. The normalized spacial score (nSPS) is 11.4. The Morgan fingerprint density at radius 3 is 1.15 bits per heavy atom. The third kappa shape index (κ3) is 22.2. The van der Waals surface area contributed by atoms with Crippen LogP contribution in [0.4, 0.5) is 5.95 Å². The molecule has 0 bridgehead atoms. The summed E-state index contributed by atoms with van der Waals surface area (Å²) in [6.07, 6.45) is 3.60. The average Bonchev–Trinajstić information content (AvgIpc) is 1.62. The summed E-state index contributed by atoms with van der Waals surface area (Å²) in [5, 5.41) is 4.60. The SMILES string of the molecule is CC(=O)Cc1nc2c(c(=O)n(C)c(=O)n2C)n1Cc1cccc(Br)c1.CCOCCNc1nc2c(c(=O)n(C)c(=O)n2C)n1Cc1cccc(Br)c1.CCc1cnc(CSc2nc3c(c(=O)n(C)c(=O)n3C)n2Cc2cccc(Br)c2)o1.CN(C)CCCSc1nc2c(c(=O)n(C)c(=O)n2C)n1Cc1cccc(Br)c1.Cc1nc2c(c(=O)n(C)c(=O)n2C)n1Cc1cccc(Br)c1. The molecule has 694 valence electrons. The first-order valence-corrected chi connectivity index (χ1v) is 47.4. The first-order chi connectivity index (χ1) is 62.8. The second kappa shape index (κ2) is 43.5. The van der Waals surface area contributed by atoms with Crippen molar-refractivity contribution in [3.63, 3.8) is 0 Å². The van der Waals surface area contributed by atoms with Crippen LogP contribution < -0.4 is 61.6 Å². The van der Waals surface area contributed by atoms with Crippen LogP contribution in [-0.4, -0.2) is 155 Å². The maximum Gasteiger partial charge on any atom is 0.332 e. The van der Waals surface area contributed by atoms with Gasteiger partial charge in [0.05, 0.1) is 44.6 Å². The minimum Gasteiger partial charge on any atom is -0.445 e. The minimum absolute atomic E-state index is 0.0624. The number of halogens is 5. The van der Waals surface area contributed by atoms with Gasteiger partial charge in [0.1, 0.15) is 23.2 Å². The fourth-order valence-electron chi connectivity index (χ4n) is 14.6. The number of anilines is 1. The Bertz CT molecular complexity index is 7740. The molecule has 0 unspecified atom stereocenters. The molecule has 0 radical (unpaired) electrons. The average molecular weight is 2160 g/mol. The molecule has 1 N–H and O–H groups in total. The van der Waals surface area contributed by atoms with Gasteiger partial charge in [-0.25, -0.2) is 48.9 Å². The van der Waals surface area contributed by atoms with Gasteiger partial charge < -0.3 is 37.6 Å². The summed E-state index contributed by atoms with van der Waals surface area (Å²) in [6, 6.07) is 39.3. The van der Waals surface area contributed by atoms with Gasteiger partial charge in [0.15, 0.2) is 66.1 Å². The number of Topliss-reactive ketones (excluding diaryl/α,β-unsaturated/α-hetero) is 1. The Morgan fingerprint density at radius 1 is 0.439 bits per heavy atom. The van der Waals surface area contributed by atoms with Crippen molar-refractivity contribution in [3.8, 4) is 0 Å². The molecule has 16 rings (SSSR count). The molecule has 36 nitrogen and oxygen atoms in total. The number of nitrogens with zero attached hydrogens (tertiary/aromatic N) is 22. The molecule has 11 aromatic heterocycles. The van der Waals surface area contributed by atoms with Gasteiger partial charge in [0.25, 0.3) is 27.8 Å². The molecule has 16 aromatic rings. The van der Waals surface area contributed by atoms with E-state index >= 15 is 0 Å². The predicted molar refractivity (Wildman–Crippen MR) is 531 cm³/mol. The molecule has 0 aliphatic rings. The summed E-state index contributed by atoms with van der Waals surface area (Å²) < 4.78 is 37.5. The molecule has 0 atom stereocenters. The summed E-state index contributed by atoms with van der Waals surface area (Å²) in [4.78, 5) is 166. The predicted octanol–water partition coefficient (Wildman–Crippen LogP) is 10.00. The number of benzene rings is 5. The molecule has 0 amide bonds. The molecule has 0 saturated carbocycles. The summed E-state index contributed by atoms with van der Waals surface area (Å²) in [5.41, 5.74) is 5.14. The lowest BCUT2D eigenvalue weighted by Gasteiger charge is -2.11. The number of nitrogens with one attached hydrogen (secondary N) is 1. The third-order valence-electron chi connectivity index (χ3n) is 21.5. The molecule has 0 aliphatic carbocycles. The van der Waals surface area contributed by atoms with E-state index in [0.29, 0.717) is 143 Å². The van der Waals surface area contributed by atoms with Crippen LogP contribution in [0.3, 0.4) is 0 Å². The van der Waals surface area contributed by atoms with Crippen LogP contribution >= 0.6 is 103 Å². The van der Waals surface area contributed by atoms with Gasteiger partial charge >= 0.3 is 28.4 Å². The van der Waals surface area contributed by atoms with E-state index in [0.717, 1.165) is 109 Å². The number of hydrogen-bond donors (Lipinski definition) is 1. The lowest BCUT2D eigenvalue weighted by Crippen LogP contribution is -2.37. The maximum atomic E-state index is 12.9. The van der Waals surface area contributed by atoms with Crippen molar-refractivity contribution < 1.29 is 13.9 Å². The second-order valence-electron chi connectivity index (χ2n) is 31.3. The Hall–Kier alpha value is -11.5. The third-order valence-corrected chi connectivity index (χ3v) is 26.0. The van der Waals surface area contributed by atoms with Crippen molar-refractivity contribution in [1.82, 2.24) is 103 Å². The molecule has 11 heterocycles. The quantitative estimate of drug-likeness (QED) is 0.0389. The highest BCUT2D eigenvalue weighted by Crippen LogP contribution is 2.30. The molecular weight excluding hydrogens is 2060 g/mol. The van der Waals surface area contributed by atoms with Crippen LogP contribution in [0, 0.1) is 6.92 Å². The van der Waals surface area contributed by atoms with E-state index in [2.05, 4.69) is 120 Å². The Balaban J connectivity index is 0.000000149. The zero-order chi connectivity index (χ0) is 95.7. The first kappa shape index (κ1) is 99.6. The molecular formula is C89H98Br5N23O13S2. The van der Waals surface area contributed by atoms with Crippen LogP contribution in [0.1, 0.15) is 78.3 Å². The van der Waals surface area contributed by atoms with Gasteiger partial charge in [0, 0.05) is 131 Å². The maximum absolute atomic E-state index is 12.9. The number of imidazole rings is 5. The number of ketones is 1. The topological polar surface area (TPSA) is 377 Å². The standard InChI is InChI=1S/C20H20BrN5O3S.C19H24BrN5O2S.C18H22BrN5O3.C17H17BrN4O3.C15H15BrN4O2/c1-4-14-9-22-15(29-14)11-30-19-23-17-16(18(27)25(3)20(28)24(17)2)26(19)10-12-6-5-7-13(21)8-12;1-22(2)9-6-10-28-18-21-16-15(17(26)24(4)19(27)23(16)3)25(18)12-13-7-5-8-14(20)11-13;1-4-27-9-8-20-17-21-15-14(16(25)23(3)18(26)22(15)2)24(17)11-12-6-5-7-13(19)10-12;1-10(23)7-13-19-15-14(16(24)21(3)17(25)20(15)2)22(13)9-11-5-4-6-12(18)8-11;1-9-17-13-12(14(21)19(3)15(22)18(13)2)20(9)8-10-5-4-6-11(16)7-10/h5-9H,4,10-11H2,1-3H3;5,7-8,11H,6,9-10,12H2,1-4H3;5-7,10H,4,8-9,11H2,1-3H3,(H,20,21);4-6,8H,7,9H2,1-3H3;4-7H,8H2,1-3H3. The zero-order valence-electron chi connectivity index (χ0n) is 75.4. The van der Waals surface area contributed by atoms with Gasteiger partial charge in [0.2, 0.25) is 11.8 Å². The number of carbonyl (C=O) groups excluding carboxylic acids is 1. The van der Waals surface area contributed by atoms with Crippen molar-refractivity contribution in [1.29, 1.82) is 0 Å². The van der Waals surface area contributed by atoms with Gasteiger partial charge in [-0.1, -0.05) is 171 Å². The van der Waals surface area contributed by atoms with Gasteiger partial charge in [-0.15, -0.1) is 0 Å². The largest absolute Gasteiger partial charge is 0.445 e. The molecule has 43 heteroatoms. The zero-order valence-corrected chi connectivity index (χ0v) is 84.9. The van der Waals surface area contributed by atoms with Crippen LogP contribution in [0.5, 0.6) is 0 Å². The van der Waals surface area contributed by atoms with E-state index in [9.17, 15) is 52.7 Å². The summed E-state index contributed by atoms with van der Waals surface area (Å²) >= 11 is 20.4. The highest BCUT2D eigenvalue weighted by molar-refractivity contribution is 9.11. The van der Waals surface area contributed by atoms with Crippen molar-refractivity contribution >= 4 is 171 Å². The smallest absolute Gasteiger partial charge is 0.332 e. The van der Waals surface area contributed by atoms with Crippen molar-refractivity contribution in [2.24, 2.45) is 70.5 Å². The van der Waals surface area contributed by atoms with Gasteiger partial charge in [-0.05, 0) is 136 Å². The van der Waals surface area contributed by atoms with Gasteiger partial charge in [-0.3, -0.25) is 79.0 Å². The van der Waals surface area contributed by atoms with E-state index in [1.807, 2.05) is 174 Å². The number of carbonyl (C=O) groups is 1. The van der Waals surface area contributed by atoms with E-state index in [1.165, 1.54) is 76.8 Å². The van der Waals surface area contributed by atoms with Crippen LogP contribution in [0.25, 0.3) is 55.8 Å². The minimum atomic E-state index is -0.445. The summed E-state index contributed by atoms with van der Waals surface area (Å²) in [7, 11) is 19.6. The molecule has 0 saturated heterocycles. The number of aromatic nitrogens is 21. The van der Waals surface area contributed by atoms with Crippen LogP contribution in [-0.2, 0) is 131 Å². The molecule has 132 heavy (non-hydrogen) atoms. The number of ether oxygens (including phenoxy) is 1. The van der Waals surface area contributed by atoms with Crippen molar-refractivity contribution in [2.75, 3.05) is 51.5 Å². The molecule has 0 fully saturated rings. The van der Waals surface area contributed by atoms with Crippen LogP contribution in [0.15, 0.2) is 213 Å². The Morgan fingerprint density at radius 2 is 0.780 bits per heavy atom. The Kier molecular flexibility index (Phi) is 32.8. The number of thioether (sulfide) groups is 2. The molecule has 5 aromatic carbocycles. The highest BCUT2D eigenvalue weighted by atomic mass is 79.9. The van der Waals surface area contributed by atoms with E-state index < -0.39 is 22.6 Å². The van der Waals surface area contributed by atoms with E-state index in [4.69, 9.17) is 9.15 Å². The van der Waals surface area contributed by atoms with E-state index in [1.54, 1.807) is 57.8 Å². The van der Waals surface area contributed by atoms with Crippen LogP contribution in [0.2, 0.25) is 0 Å². The first-order valence-electron chi connectivity index (χ1n) is 41.4. The molecule has 0 aliphatic heterocycles. The number of oxazole rings is 1. The summed E-state index contributed by atoms with van der Waals surface area (Å²) in [6.45, 7) is 12.2. The van der Waals surface area contributed by atoms with Gasteiger partial charge in [-0.2, -0.15) is 4.98 Å². The lowest BCUT2D eigenvalue weighted by molar-refractivity contribution is -0.116. The number of hydrogen-bond acceptors (Lipinski definition) is 23. The van der Waals surface area contributed by atoms with E-state index in [-0.39, 0.29) is 45.8 Å². The number of fused-ring (bicyclic) bond motifs is 5. The second-order valence-corrected chi connectivity index (χ2v) is 37.8. The van der Waals surface area contributed by atoms with Crippen molar-refractivity contribution in [3.05, 3.63) is 305 Å². The fraction of sp³-hybridized carbons (Fsp3) is 0.337. The monoisotopic (exact) mass is 2160 g/mol. The Labute approximate surface area is 804 Å².